The van der Waals surface area contributed by atoms with Crippen LogP contribution in [-0.4, -0.2) is 44.0 Å². The van der Waals surface area contributed by atoms with Crippen LogP contribution in [0.1, 0.15) is 24.0 Å². The molecule has 0 radical (unpaired) electrons. The van der Waals surface area contributed by atoms with Gasteiger partial charge < -0.3 is 5.32 Å². The summed E-state index contributed by atoms with van der Waals surface area (Å²) in [4.78, 5) is 12.5. The average Bonchev–Trinajstić information content (AvgIpc) is 2.78. The van der Waals surface area contributed by atoms with E-state index in [4.69, 9.17) is 46.4 Å². The third-order valence-corrected chi connectivity index (χ3v) is 9.67. The van der Waals surface area contributed by atoms with Crippen molar-refractivity contribution in [2.75, 3.05) is 25.4 Å². The molecule has 1 saturated heterocycles. The van der Waals surface area contributed by atoms with Crippen molar-refractivity contribution in [3.05, 3.63) is 67.6 Å². The normalized spacial score (nSPS) is 15.5. The molecule has 0 aliphatic carbocycles. The van der Waals surface area contributed by atoms with Gasteiger partial charge in [-0.3, -0.25) is 4.79 Å². The third kappa shape index (κ3) is 7.40. The Labute approximate surface area is 219 Å². The Bertz CT molecular complexity index is 1050. The van der Waals surface area contributed by atoms with Gasteiger partial charge in [0.1, 0.15) is 0 Å². The van der Waals surface area contributed by atoms with E-state index in [2.05, 4.69) is 5.32 Å². The number of rotatable bonds is 9. The largest absolute Gasteiger partial charge is 0.355 e. The molecule has 11 heteroatoms. The lowest BCUT2D eigenvalue weighted by Gasteiger charge is -2.30. The van der Waals surface area contributed by atoms with Crippen LogP contribution in [-0.2, 0) is 26.3 Å². The van der Waals surface area contributed by atoms with Gasteiger partial charge in [0.15, 0.2) is 0 Å². The molecule has 0 spiro atoms. The van der Waals surface area contributed by atoms with Gasteiger partial charge in [-0.1, -0.05) is 58.5 Å². The van der Waals surface area contributed by atoms with Crippen LogP contribution in [0.4, 0.5) is 0 Å². The summed E-state index contributed by atoms with van der Waals surface area (Å²) < 4.78 is 27.1. The molecule has 0 unspecified atom stereocenters. The summed E-state index contributed by atoms with van der Waals surface area (Å²) in [6, 6.07) is 10.3. The van der Waals surface area contributed by atoms with E-state index in [1.807, 2.05) is 6.07 Å². The molecule has 180 valence electrons. The summed E-state index contributed by atoms with van der Waals surface area (Å²) in [5.41, 5.74) is 1.29. The van der Waals surface area contributed by atoms with Crippen molar-refractivity contribution >= 4 is 74.1 Å². The van der Waals surface area contributed by atoms with Crippen molar-refractivity contribution in [1.29, 1.82) is 0 Å². The van der Waals surface area contributed by atoms with Crippen molar-refractivity contribution in [3.8, 4) is 0 Å². The summed E-state index contributed by atoms with van der Waals surface area (Å²) in [6.45, 7) is 1.11. The summed E-state index contributed by atoms with van der Waals surface area (Å²) in [6.07, 6.45) is 0.952. The minimum atomic E-state index is -3.58. The van der Waals surface area contributed by atoms with Crippen molar-refractivity contribution in [2.24, 2.45) is 5.92 Å². The van der Waals surface area contributed by atoms with Crippen molar-refractivity contribution < 1.29 is 13.2 Å². The predicted octanol–water partition coefficient (Wildman–Crippen LogP) is 5.89. The van der Waals surface area contributed by atoms with Crippen molar-refractivity contribution in [1.82, 2.24) is 9.62 Å². The third-order valence-electron chi connectivity index (χ3n) is 5.46. The lowest BCUT2D eigenvalue weighted by Crippen LogP contribution is -2.43. The molecule has 33 heavy (non-hydrogen) atoms. The monoisotopic (exact) mass is 568 g/mol. The minimum absolute atomic E-state index is 0.0439. The molecule has 1 N–H and O–H groups in total. The minimum Gasteiger partial charge on any atom is -0.355 e. The van der Waals surface area contributed by atoms with E-state index < -0.39 is 10.0 Å². The Hall–Kier alpha value is -0.670. The maximum absolute atomic E-state index is 12.8. The number of hydrogen-bond donors (Lipinski definition) is 1. The van der Waals surface area contributed by atoms with Crippen LogP contribution in [0.2, 0.25) is 20.1 Å². The molecule has 0 atom stereocenters. The van der Waals surface area contributed by atoms with Crippen LogP contribution in [0.15, 0.2) is 36.4 Å². The van der Waals surface area contributed by atoms with E-state index >= 15 is 0 Å². The fraction of sp³-hybridized carbons (Fsp3) is 0.409. The van der Waals surface area contributed by atoms with E-state index in [9.17, 15) is 13.2 Å². The second kappa shape index (κ2) is 12.3. The van der Waals surface area contributed by atoms with Gasteiger partial charge in [-0.15, -0.1) is 0 Å². The quantitative estimate of drug-likeness (QED) is 0.382. The highest BCUT2D eigenvalue weighted by Gasteiger charge is 2.31. The summed E-state index contributed by atoms with van der Waals surface area (Å²) >= 11 is 26.2. The smallest absolute Gasteiger partial charge is 0.223 e. The molecule has 1 amide bonds. The molecule has 0 aromatic heterocycles. The number of carbonyl (C=O) groups is 1. The number of thioether (sulfide) groups is 1. The van der Waals surface area contributed by atoms with Gasteiger partial charge in [-0.25, -0.2) is 12.7 Å². The van der Waals surface area contributed by atoms with Crippen LogP contribution in [0.25, 0.3) is 0 Å². The first-order valence-corrected chi connectivity index (χ1v) is 14.7. The average molecular weight is 570 g/mol. The molecule has 5 nitrogen and oxygen atoms in total. The fourth-order valence-corrected chi connectivity index (χ4v) is 7.49. The number of carbonyl (C=O) groups excluding carboxylic acids is 1. The summed E-state index contributed by atoms with van der Waals surface area (Å²) in [5.74, 6) is 0.884. The zero-order chi connectivity index (χ0) is 24.0. The predicted molar refractivity (Wildman–Crippen MR) is 139 cm³/mol. The molecule has 2 aromatic carbocycles. The van der Waals surface area contributed by atoms with E-state index in [1.165, 1.54) is 4.31 Å². The first-order valence-electron chi connectivity index (χ1n) is 10.4. The van der Waals surface area contributed by atoms with Crippen molar-refractivity contribution in [2.45, 2.75) is 24.3 Å². The molecule has 0 saturated carbocycles. The first-order chi connectivity index (χ1) is 15.7. The zero-order valence-electron chi connectivity index (χ0n) is 17.7. The van der Waals surface area contributed by atoms with E-state index in [0.717, 1.165) is 11.3 Å². The molecule has 1 fully saturated rings. The van der Waals surface area contributed by atoms with Gasteiger partial charge >= 0.3 is 0 Å². The van der Waals surface area contributed by atoms with Gasteiger partial charge in [0.2, 0.25) is 15.9 Å². The number of amides is 1. The SMILES string of the molecule is O=C(NCCSCc1c(Cl)cccc1Cl)C1CCN(S(=O)(=O)Cc2c(Cl)cccc2Cl)CC1. The Kier molecular flexibility index (Phi) is 10.1. The number of hydrogen-bond acceptors (Lipinski definition) is 4. The first kappa shape index (κ1) is 26.9. The molecular formula is C22H24Cl4N2O3S2. The molecular weight excluding hydrogens is 546 g/mol. The molecule has 3 rings (SSSR count). The van der Waals surface area contributed by atoms with Gasteiger partial charge in [0.25, 0.3) is 0 Å². The second-order valence-electron chi connectivity index (χ2n) is 7.67. The maximum atomic E-state index is 12.8. The summed E-state index contributed by atoms with van der Waals surface area (Å²) in [5, 5.41) is 4.88. The summed E-state index contributed by atoms with van der Waals surface area (Å²) in [7, 11) is -3.58. The molecule has 2 aromatic rings. The Balaban J connectivity index is 1.41. The Morgan fingerprint density at radius 1 is 0.939 bits per heavy atom. The van der Waals surface area contributed by atoms with Crippen LogP contribution in [0, 0.1) is 5.92 Å². The van der Waals surface area contributed by atoms with Crippen LogP contribution >= 0.6 is 58.2 Å². The molecule has 1 heterocycles. The van der Waals surface area contributed by atoms with Gasteiger partial charge in [0.05, 0.1) is 5.75 Å². The number of sulfonamides is 1. The molecule has 0 bridgehead atoms. The number of halogens is 4. The maximum Gasteiger partial charge on any atom is 0.223 e. The molecule has 1 aliphatic rings. The van der Waals surface area contributed by atoms with Crippen LogP contribution in [0.3, 0.4) is 0 Å². The lowest BCUT2D eigenvalue weighted by molar-refractivity contribution is -0.125. The Morgan fingerprint density at radius 2 is 1.45 bits per heavy atom. The van der Waals surface area contributed by atoms with Gasteiger partial charge in [0, 0.05) is 62.7 Å². The van der Waals surface area contributed by atoms with E-state index in [-0.39, 0.29) is 17.6 Å². The number of nitrogens with zero attached hydrogens (tertiary/aromatic N) is 1. The van der Waals surface area contributed by atoms with Gasteiger partial charge in [-0.2, -0.15) is 11.8 Å². The number of benzene rings is 2. The van der Waals surface area contributed by atoms with Crippen LogP contribution in [0.5, 0.6) is 0 Å². The van der Waals surface area contributed by atoms with E-state index in [0.29, 0.717) is 63.9 Å². The highest BCUT2D eigenvalue weighted by Crippen LogP contribution is 2.30. The molecule has 1 aliphatic heterocycles. The number of nitrogens with one attached hydrogen (secondary N) is 1. The highest BCUT2D eigenvalue weighted by atomic mass is 35.5. The van der Waals surface area contributed by atoms with Gasteiger partial charge in [-0.05, 0) is 42.7 Å². The number of piperidine rings is 1. The zero-order valence-corrected chi connectivity index (χ0v) is 22.4. The second-order valence-corrected chi connectivity index (χ2v) is 12.4. The lowest BCUT2D eigenvalue weighted by atomic mass is 9.97. The van der Waals surface area contributed by atoms with Crippen molar-refractivity contribution in [3.63, 3.8) is 0 Å². The Morgan fingerprint density at radius 3 is 2.00 bits per heavy atom. The highest BCUT2D eigenvalue weighted by molar-refractivity contribution is 7.98. The topological polar surface area (TPSA) is 66.5 Å². The van der Waals surface area contributed by atoms with Crippen LogP contribution < -0.4 is 5.32 Å². The standard InChI is InChI=1S/C22H24Cl4N2O3S2/c23-18-3-1-4-19(24)16(18)13-32-12-9-27-22(29)15-7-10-28(11-8-15)33(30,31)14-17-20(25)5-2-6-21(17)26/h1-6,15H,7-14H2,(H,27,29). The van der Waals surface area contributed by atoms with E-state index in [1.54, 1.807) is 42.1 Å². The fourth-order valence-electron chi connectivity index (χ4n) is 3.58.